The highest BCUT2D eigenvalue weighted by atomic mass is 16.6. The summed E-state index contributed by atoms with van der Waals surface area (Å²) in [5.74, 6) is 0.531. The van der Waals surface area contributed by atoms with Crippen LogP contribution in [0.3, 0.4) is 0 Å². The third kappa shape index (κ3) is 5.23. The van der Waals surface area contributed by atoms with E-state index in [0.717, 1.165) is 5.69 Å². The zero-order chi connectivity index (χ0) is 17.8. The molecule has 1 saturated heterocycles. The van der Waals surface area contributed by atoms with Gasteiger partial charge in [0.1, 0.15) is 5.60 Å². The van der Waals surface area contributed by atoms with E-state index in [1.54, 1.807) is 30.2 Å². The molecule has 0 aromatic carbocycles. The molecule has 132 valence electrons. The van der Waals surface area contributed by atoms with Crippen LogP contribution in [-0.2, 0) is 4.74 Å². The standard InChI is InChI=1S/C18H26N2O4/c1-17(2,3)24-16(21)20-12-10-18(22,11-13-20)9-8-14-6-5-7-15(19-14)23-4/h5-9,22H,10-13H2,1-4H3/b9-8-. The fourth-order valence-corrected chi connectivity index (χ4v) is 2.45. The molecule has 1 aromatic heterocycles. The minimum atomic E-state index is -0.941. The van der Waals surface area contributed by atoms with Gasteiger partial charge in [-0.1, -0.05) is 12.1 Å². The highest BCUT2D eigenvalue weighted by Crippen LogP contribution is 2.25. The van der Waals surface area contributed by atoms with E-state index in [9.17, 15) is 9.90 Å². The number of piperidine rings is 1. The average molecular weight is 334 g/mol. The highest BCUT2D eigenvalue weighted by molar-refractivity contribution is 5.68. The molecule has 1 aliphatic rings. The van der Waals surface area contributed by atoms with E-state index in [1.165, 1.54) is 0 Å². The zero-order valence-electron chi connectivity index (χ0n) is 14.8. The van der Waals surface area contributed by atoms with Crippen molar-refractivity contribution in [2.75, 3.05) is 20.2 Å². The maximum atomic E-state index is 12.1. The lowest BCUT2D eigenvalue weighted by Gasteiger charge is -2.37. The molecular weight excluding hydrogens is 308 g/mol. The number of aromatic nitrogens is 1. The summed E-state index contributed by atoms with van der Waals surface area (Å²) in [6.07, 6.45) is 4.13. The molecule has 1 amide bonds. The van der Waals surface area contributed by atoms with Gasteiger partial charge < -0.3 is 19.5 Å². The number of ether oxygens (including phenoxy) is 2. The summed E-state index contributed by atoms with van der Waals surface area (Å²) in [7, 11) is 1.57. The van der Waals surface area contributed by atoms with Crippen LogP contribution in [0.2, 0.25) is 0 Å². The summed E-state index contributed by atoms with van der Waals surface area (Å²) in [6, 6.07) is 5.46. The van der Waals surface area contributed by atoms with Gasteiger partial charge >= 0.3 is 6.09 Å². The summed E-state index contributed by atoms with van der Waals surface area (Å²) in [5.41, 5.74) is -0.733. The first kappa shape index (κ1) is 18.3. The second-order valence-electron chi connectivity index (χ2n) is 7.01. The van der Waals surface area contributed by atoms with Gasteiger partial charge in [0.25, 0.3) is 0 Å². The molecule has 0 spiro atoms. The second kappa shape index (κ2) is 7.21. The Labute approximate surface area is 143 Å². The Morgan fingerprint density at radius 2 is 2.00 bits per heavy atom. The van der Waals surface area contributed by atoms with Crippen molar-refractivity contribution in [3.63, 3.8) is 0 Å². The molecule has 0 unspecified atom stereocenters. The maximum Gasteiger partial charge on any atom is 0.410 e. The van der Waals surface area contributed by atoms with Crippen molar-refractivity contribution < 1.29 is 19.4 Å². The van der Waals surface area contributed by atoms with Crippen LogP contribution in [0.15, 0.2) is 24.3 Å². The Morgan fingerprint density at radius 1 is 1.33 bits per heavy atom. The van der Waals surface area contributed by atoms with Crippen molar-refractivity contribution in [2.45, 2.75) is 44.8 Å². The smallest absolute Gasteiger partial charge is 0.410 e. The van der Waals surface area contributed by atoms with Crippen molar-refractivity contribution in [2.24, 2.45) is 0 Å². The van der Waals surface area contributed by atoms with Crippen LogP contribution in [0.4, 0.5) is 4.79 Å². The van der Waals surface area contributed by atoms with Crippen molar-refractivity contribution in [1.82, 2.24) is 9.88 Å². The lowest BCUT2D eigenvalue weighted by atomic mass is 9.91. The van der Waals surface area contributed by atoms with E-state index >= 15 is 0 Å². The second-order valence-corrected chi connectivity index (χ2v) is 7.01. The predicted molar refractivity (Wildman–Crippen MR) is 91.8 cm³/mol. The van der Waals surface area contributed by atoms with E-state index in [4.69, 9.17) is 9.47 Å². The number of rotatable bonds is 3. The first-order chi connectivity index (χ1) is 11.2. The number of methoxy groups -OCH3 is 1. The van der Waals surface area contributed by atoms with Crippen LogP contribution in [-0.4, -0.2) is 52.5 Å². The molecule has 1 N–H and O–H groups in total. The summed E-state index contributed by atoms with van der Waals surface area (Å²) in [4.78, 5) is 18.0. The highest BCUT2D eigenvalue weighted by Gasteiger charge is 2.33. The summed E-state index contributed by atoms with van der Waals surface area (Å²) < 4.78 is 10.5. The van der Waals surface area contributed by atoms with Crippen LogP contribution in [0.1, 0.15) is 39.3 Å². The van der Waals surface area contributed by atoms with Crippen LogP contribution >= 0.6 is 0 Å². The topological polar surface area (TPSA) is 71.9 Å². The Balaban J connectivity index is 1.94. The van der Waals surface area contributed by atoms with E-state index in [1.807, 2.05) is 32.9 Å². The van der Waals surface area contributed by atoms with Crippen LogP contribution in [0.25, 0.3) is 6.08 Å². The van der Waals surface area contributed by atoms with E-state index in [-0.39, 0.29) is 6.09 Å². The minimum Gasteiger partial charge on any atom is -0.481 e. The normalized spacial score (nSPS) is 17.8. The summed E-state index contributed by atoms with van der Waals surface area (Å²) >= 11 is 0. The number of aliphatic hydroxyl groups is 1. The molecule has 24 heavy (non-hydrogen) atoms. The van der Waals surface area contributed by atoms with Crippen molar-refractivity contribution >= 4 is 12.2 Å². The fraction of sp³-hybridized carbons (Fsp3) is 0.556. The number of amides is 1. The van der Waals surface area contributed by atoms with Gasteiger partial charge in [0.05, 0.1) is 18.4 Å². The van der Waals surface area contributed by atoms with E-state index in [0.29, 0.717) is 31.8 Å². The Kier molecular flexibility index (Phi) is 5.49. The Hall–Kier alpha value is -2.08. The third-order valence-corrected chi connectivity index (χ3v) is 3.80. The molecule has 2 heterocycles. The van der Waals surface area contributed by atoms with Gasteiger partial charge in [-0.15, -0.1) is 0 Å². The number of carbonyl (C=O) groups excluding carboxylic acids is 1. The van der Waals surface area contributed by atoms with Gasteiger partial charge in [-0.05, 0) is 45.8 Å². The van der Waals surface area contributed by atoms with E-state index < -0.39 is 11.2 Å². The molecular formula is C18H26N2O4. The Morgan fingerprint density at radius 3 is 2.58 bits per heavy atom. The lowest BCUT2D eigenvalue weighted by molar-refractivity contribution is -0.00828. The molecule has 1 fully saturated rings. The molecule has 1 aromatic rings. The first-order valence-corrected chi connectivity index (χ1v) is 8.11. The molecule has 6 heteroatoms. The number of hydrogen-bond acceptors (Lipinski definition) is 5. The predicted octanol–water partition coefficient (Wildman–Crippen LogP) is 2.87. The molecule has 0 saturated carbocycles. The Bertz CT molecular complexity index is 599. The monoisotopic (exact) mass is 334 g/mol. The van der Waals surface area contributed by atoms with Gasteiger partial charge in [-0.25, -0.2) is 9.78 Å². The van der Waals surface area contributed by atoms with Gasteiger partial charge in [-0.3, -0.25) is 0 Å². The van der Waals surface area contributed by atoms with Gasteiger partial charge in [0.2, 0.25) is 5.88 Å². The van der Waals surface area contributed by atoms with Crippen molar-refractivity contribution in [1.29, 1.82) is 0 Å². The molecule has 1 aliphatic heterocycles. The number of hydrogen-bond donors (Lipinski definition) is 1. The molecule has 6 nitrogen and oxygen atoms in total. The molecule has 2 rings (SSSR count). The maximum absolute atomic E-state index is 12.1. The average Bonchev–Trinajstić information content (AvgIpc) is 2.52. The molecule has 0 bridgehead atoms. The minimum absolute atomic E-state index is 0.331. The van der Waals surface area contributed by atoms with Crippen molar-refractivity contribution in [3.05, 3.63) is 30.0 Å². The quantitative estimate of drug-likeness (QED) is 0.920. The summed E-state index contributed by atoms with van der Waals surface area (Å²) in [6.45, 7) is 6.45. The number of nitrogens with zero attached hydrogens (tertiary/aromatic N) is 2. The summed E-state index contributed by atoms with van der Waals surface area (Å²) in [5, 5.41) is 10.7. The lowest BCUT2D eigenvalue weighted by Crippen LogP contribution is -2.47. The van der Waals surface area contributed by atoms with Crippen molar-refractivity contribution in [3.8, 4) is 5.88 Å². The van der Waals surface area contributed by atoms with Gasteiger partial charge in [-0.2, -0.15) is 0 Å². The number of pyridine rings is 1. The van der Waals surface area contributed by atoms with Crippen LogP contribution in [0, 0.1) is 0 Å². The number of likely N-dealkylation sites (tertiary alicyclic amines) is 1. The largest absolute Gasteiger partial charge is 0.481 e. The van der Waals surface area contributed by atoms with Gasteiger partial charge in [0, 0.05) is 19.2 Å². The van der Waals surface area contributed by atoms with Crippen LogP contribution in [0.5, 0.6) is 5.88 Å². The number of carbonyl (C=O) groups is 1. The van der Waals surface area contributed by atoms with Crippen LogP contribution < -0.4 is 4.74 Å². The van der Waals surface area contributed by atoms with E-state index in [2.05, 4.69) is 4.98 Å². The zero-order valence-corrected chi connectivity index (χ0v) is 14.8. The molecule has 0 atom stereocenters. The fourth-order valence-electron chi connectivity index (χ4n) is 2.45. The third-order valence-electron chi connectivity index (χ3n) is 3.80. The molecule has 0 radical (unpaired) electrons. The first-order valence-electron chi connectivity index (χ1n) is 8.11. The van der Waals surface area contributed by atoms with Gasteiger partial charge in [0.15, 0.2) is 0 Å². The SMILES string of the molecule is COc1cccc(/C=C\C2(O)CCN(C(=O)OC(C)(C)C)CC2)n1. The molecule has 0 aliphatic carbocycles.